The molecular formula is C24H29N5O. The largest absolute Gasteiger partial charge is 0.493 e. The average Bonchev–Trinajstić information content (AvgIpc) is 3.46. The van der Waals surface area contributed by atoms with Gasteiger partial charge in [-0.3, -0.25) is 4.99 Å². The number of nitrogens with one attached hydrogen (secondary N) is 2. The molecule has 2 aromatic carbocycles. The Morgan fingerprint density at radius 1 is 1.23 bits per heavy atom. The van der Waals surface area contributed by atoms with E-state index in [4.69, 9.17) is 9.73 Å². The molecule has 6 nitrogen and oxygen atoms in total. The quantitative estimate of drug-likeness (QED) is 0.467. The van der Waals surface area contributed by atoms with Crippen molar-refractivity contribution in [2.24, 2.45) is 4.99 Å². The number of aliphatic imine (C=N–C) groups is 1. The van der Waals surface area contributed by atoms with E-state index in [1.54, 1.807) is 6.20 Å². The maximum Gasteiger partial charge on any atom is 0.191 e. The lowest BCUT2D eigenvalue weighted by Gasteiger charge is -2.19. The molecule has 0 saturated carbocycles. The van der Waals surface area contributed by atoms with Crippen molar-refractivity contribution in [2.45, 2.75) is 32.7 Å². The Morgan fingerprint density at radius 2 is 2.17 bits per heavy atom. The monoisotopic (exact) mass is 403 g/mol. The molecule has 1 atom stereocenters. The maximum atomic E-state index is 5.59. The molecule has 0 radical (unpaired) electrons. The molecule has 0 amide bonds. The summed E-state index contributed by atoms with van der Waals surface area (Å²) < 4.78 is 7.47. The molecule has 4 rings (SSSR count). The summed E-state index contributed by atoms with van der Waals surface area (Å²) in [5.74, 6) is 1.86. The van der Waals surface area contributed by atoms with Crippen molar-refractivity contribution < 1.29 is 4.74 Å². The van der Waals surface area contributed by atoms with Gasteiger partial charge in [0.2, 0.25) is 0 Å². The molecule has 0 saturated heterocycles. The van der Waals surface area contributed by atoms with Crippen LogP contribution in [0.2, 0.25) is 0 Å². The maximum absolute atomic E-state index is 5.59. The van der Waals surface area contributed by atoms with E-state index < -0.39 is 0 Å². The first-order valence-corrected chi connectivity index (χ1v) is 10.6. The summed E-state index contributed by atoms with van der Waals surface area (Å²) in [7, 11) is 0. The van der Waals surface area contributed by atoms with Crippen LogP contribution in [0.4, 0.5) is 0 Å². The summed E-state index contributed by atoms with van der Waals surface area (Å²) >= 11 is 0. The number of rotatable bonds is 7. The number of guanidine groups is 1. The summed E-state index contributed by atoms with van der Waals surface area (Å²) in [4.78, 5) is 4.79. The van der Waals surface area contributed by atoms with Crippen LogP contribution in [-0.2, 0) is 12.8 Å². The zero-order chi connectivity index (χ0) is 20.8. The molecule has 3 aromatic rings. The number of hydrogen-bond donors (Lipinski definition) is 2. The van der Waals surface area contributed by atoms with Gasteiger partial charge >= 0.3 is 0 Å². The fourth-order valence-corrected chi connectivity index (χ4v) is 3.66. The number of fused-ring (bicyclic) bond motifs is 1. The minimum atomic E-state index is 0.121. The number of benzene rings is 2. The first-order valence-electron chi connectivity index (χ1n) is 10.6. The van der Waals surface area contributed by atoms with Crippen LogP contribution in [0.1, 0.15) is 36.6 Å². The summed E-state index contributed by atoms with van der Waals surface area (Å²) in [6.07, 6.45) is 5.66. The molecule has 0 aliphatic carbocycles. The topological polar surface area (TPSA) is 63.5 Å². The highest BCUT2D eigenvalue weighted by molar-refractivity contribution is 5.80. The SMILES string of the molecule is CCNC(=NCCc1ccc2c(c1)CCO2)NC(C)c1cccc(-n2cccn2)c1. The fraction of sp³-hybridized carbons (Fsp3) is 0.333. The number of aromatic nitrogens is 2. The lowest BCUT2D eigenvalue weighted by Crippen LogP contribution is -2.38. The first kappa shape index (κ1) is 20.0. The highest BCUT2D eigenvalue weighted by Crippen LogP contribution is 2.26. The zero-order valence-electron chi connectivity index (χ0n) is 17.6. The molecule has 1 aliphatic rings. The van der Waals surface area contributed by atoms with Crippen LogP contribution >= 0.6 is 0 Å². The van der Waals surface area contributed by atoms with Crippen molar-refractivity contribution in [3.05, 3.63) is 77.6 Å². The standard InChI is InChI=1S/C24H29N5O/c1-3-25-24(26-13-10-19-8-9-23-21(16-19)11-15-30-23)28-18(2)20-6-4-7-22(17-20)29-14-5-12-27-29/h4-9,12,14,16-18H,3,10-11,13,15H2,1-2H3,(H2,25,26,28). The number of hydrogen-bond acceptors (Lipinski definition) is 3. The summed E-state index contributed by atoms with van der Waals surface area (Å²) in [6, 6.07) is 16.9. The van der Waals surface area contributed by atoms with Crippen molar-refractivity contribution in [2.75, 3.05) is 19.7 Å². The van der Waals surface area contributed by atoms with Gasteiger partial charge in [-0.1, -0.05) is 24.3 Å². The third-order valence-electron chi connectivity index (χ3n) is 5.26. The fourth-order valence-electron chi connectivity index (χ4n) is 3.66. The zero-order valence-corrected chi connectivity index (χ0v) is 17.6. The predicted octanol–water partition coefficient (Wildman–Crippen LogP) is 3.67. The Hall–Kier alpha value is -3.28. The van der Waals surface area contributed by atoms with Crippen molar-refractivity contribution in [1.29, 1.82) is 0 Å². The molecule has 6 heteroatoms. The predicted molar refractivity (Wildman–Crippen MR) is 120 cm³/mol. The molecule has 2 N–H and O–H groups in total. The third kappa shape index (κ3) is 4.82. The van der Waals surface area contributed by atoms with E-state index in [1.165, 1.54) is 16.7 Å². The minimum Gasteiger partial charge on any atom is -0.493 e. The molecule has 1 aromatic heterocycles. The van der Waals surface area contributed by atoms with Crippen molar-refractivity contribution >= 4 is 5.96 Å². The van der Waals surface area contributed by atoms with Crippen LogP contribution in [-0.4, -0.2) is 35.4 Å². The van der Waals surface area contributed by atoms with Crippen molar-refractivity contribution in [3.8, 4) is 11.4 Å². The van der Waals surface area contributed by atoms with E-state index in [0.717, 1.165) is 49.9 Å². The van der Waals surface area contributed by atoms with E-state index in [1.807, 2.05) is 16.9 Å². The number of ether oxygens (including phenoxy) is 1. The summed E-state index contributed by atoms with van der Waals surface area (Å²) in [5, 5.41) is 11.2. The second-order valence-corrected chi connectivity index (χ2v) is 7.46. The van der Waals surface area contributed by atoms with Crippen LogP contribution < -0.4 is 15.4 Å². The van der Waals surface area contributed by atoms with E-state index >= 15 is 0 Å². The van der Waals surface area contributed by atoms with Crippen LogP contribution in [0.3, 0.4) is 0 Å². The molecule has 156 valence electrons. The molecule has 0 fully saturated rings. The van der Waals surface area contributed by atoms with Gasteiger partial charge in [0.1, 0.15) is 5.75 Å². The van der Waals surface area contributed by atoms with E-state index in [2.05, 4.69) is 72.0 Å². The Kier molecular flexibility index (Phi) is 6.32. The van der Waals surface area contributed by atoms with Crippen molar-refractivity contribution in [3.63, 3.8) is 0 Å². The summed E-state index contributed by atoms with van der Waals surface area (Å²) in [5.41, 5.74) is 4.85. The third-order valence-corrected chi connectivity index (χ3v) is 5.26. The van der Waals surface area contributed by atoms with Gasteiger partial charge in [-0.15, -0.1) is 0 Å². The Labute approximate surface area is 178 Å². The lowest BCUT2D eigenvalue weighted by molar-refractivity contribution is 0.357. The van der Waals surface area contributed by atoms with Gasteiger partial charge in [-0.2, -0.15) is 5.10 Å². The Bertz CT molecular complexity index is 997. The Balaban J connectivity index is 1.39. The number of nitrogens with zero attached hydrogens (tertiary/aromatic N) is 3. The second kappa shape index (κ2) is 9.48. The lowest BCUT2D eigenvalue weighted by atomic mass is 10.1. The highest BCUT2D eigenvalue weighted by Gasteiger charge is 2.12. The van der Waals surface area contributed by atoms with E-state index in [-0.39, 0.29) is 6.04 Å². The van der Waals surface area contributed by atoms with Gasteiger partial charge in [-0.05, 0) is 61.2 Å². The average molecular weight is 404 g/mol. The minimum absolute atomic E-state index is 0.121. The van der Waals surface area contributed by atoms with Crippen LogP contribution in [0, 0.1) is 0 Å². The molecule has 30 heavy (non-hydrogen) atoms. The normalized spacial score (nSPS) is 14.1. The van der Waals surface area contributed by atoms with Gasteiger partial charge in [0.25, 0.3) is 0 Å². The highest BCUT2D eigenvalue weighted by atomic mass is 16.5. The molecule has 1 aliphatic heterocycles. The molecule has 0 spiro atoms. The molecule has 0 bridgehead atoms. The Morgan fingerprint density at radius 3 is 3.00 bits per heavy atom. The first-order chi connectivity index (χ1) is 14.7. The van der Waals surface area contributed by atoms with Crippen molar-refractivity contribution in [1.82, 2.24) is 20.4 Å². The van der Waals surface area contributed by atoms with Crippen LogP contribution in [0.15, 0.2) is 65.9 Å². The molecular weight excluding hydrogens is 374 g/mol. The molecule has 2 heterocycles. The van der Waals surface area contributed by atoms with E-state index in [9.17, 15) is 0 Å². The van der Waals surface area contributed by atoms with E-state index in [0.29, 0.717) is 0 Å². The van der Waals surface area contributed by atoms with Gasteiger partial charge in [0.05, 0.1) is 18.3 Å². The smallest absolute Gasteiger partial charge is 0.191 e. The second-order valence-electron chi connectivity index (χ2n) is 7.46. The van der Waals surface area contributed by atoms with Gasteiger partial charge < -0.3 is 15.4 Å². The van der Waals surface area contributed by atoms with Gasteiger partial charge in [0, 0.05) is 31.9 Å². The molecule has 1 unspecified atom stereocenters. The van der Waals surface area contributed by atoms with Gasteiger partial charge in [-0.25, -0.2) is 4.68 Å². The summed E-state index contributed by atoms with van der Waals surface area (Å²) in [6.45, 7) is 6.58. The van der Waals surface area contributed by atoms with Gasteiger partial charge in [0.15, 0.2) is 5.96 Å². The van der Waals surface area contributed by atoms with Crippen LogP contribution in [0.5, 0.6) is 5.75 Å². The van der Waals surface area contributed by atoms with Crippen LogP contribution in [0.25, 0.3) is 5.69 Å².